The largest absolute Gasteiger partial charge is 0.497 e. The van der Waals surface area contributed by atoms with Gasteiger partial charge in [0.1, 0.15) is 22.8 Å². The van der Waals surface area contributed by atoms with Gasteiger partial charge in [0.05, 0.1) is 25.3 Å². The molecule has 1 N–H and O–H groups in total. The van der Waals surface area contributed by atoms with Crippen molar-refractivity contribution < 1.29 is 19.0 Å². The van der Waals surface area contributed by atoms with Gasteiger partial charge in [-0.15, -0.1) is 0 Å². The van der Waals surface area contributed by atoms with Gasteiger partial charge in [-0.25, -0.2) is 0 Å². The van der Waals surface area contributed by atoms with Crippen LogP contribution in [0.3, 0.4) is 0 Å². The van der Waals surface area contributed by atoms with Crippen molar-refractivity contribution >= 4 is 17.5 Å². The molecular weight excluding hydrogens is 354 g/mol. The van der Waals surface area contributed by atoms with Gasteiger partial charge in [-0.1, -0.05) is 11.6 Å². The van der Waals surface area contributed by atoms with Crippen molar-refractivity contribution in [2.24, 2.45) is 0 Å². The van der Waals surface area contributed by atoms with E-state index < -0.39 is 5.60 Å². The predicted octanol–water partition coefficient (Wildman–Crippen LogP) is 4.39. The molecule has 138 valence electrons. The molecule has 0 spiro atoms. The first-order valence-electron chi connectivity index (χ1n) is 8.34. The van der Waals surface area contributed by atoms with Crippen LogP contribution in [0.4, 0.5) is 0 Å². The number of benzene rings is 2. The van der Waals surface area contributed by atoms with Crippen LogP contribution < -0.4 is 19.5 Å². The van der Waals surface area contributed by atoms with Crippen molar-refractivity contribution in [2.45, 2.75) is 31.9 Å². The van der Waals surface area contributed by atoms with Crippen molar-refractivity contribution in [3.05, 3.63) is 52.5 Å². The molecule has 0 bridgehead atoms. The smallest absolute Gasteiger partial charge is 0.251 e. The minimum absolute atomic E-state index is 0.173. The van der Waals surface area contributed by atoms with E-state index in [2.05, 4.69) is 5.32 Å². The van der Waals surface area contributed by atoms with E-state index in [1.165, 1.54) is 7.11 Å². The van der Waals surface area contributed by atoms with E-state index in [0.717, 1.165) is 11.3 Å². The fourth-order valence-electron chi connectivity index (χ4n) is 3.14. The van der Waals surface area contributed by atoms with Crippen LogP contribution in [0.5, 0.6) is 17.2 Å². The van der Waals surface area contributed by atoms with Gasteiger partial charge in [-0.05, 0) is 44.2 Å². The van der Waals surface area contributed by atoms with Gasteiger partial charge in [0.2, 0.25) is 0 Å². The lowest BCUT2D eigenvalue weighted by Gasteiger charge is -2.38. The number of carbonyl (C=O) groups excluding carboxylic acids is 1. The minimum Gasteiger partial charge on any atom is -0.497 e. The molecule has 0 radical (unpaired) electrons. The molecule has 2 aromatic rings. The molecule has 2 aromatic carbocycles. The first-order chi connectivity index (χ1) is 12.3. The van der Waals surface area contributed by atoms with Crippen molar-refractivity contribution in [3.63, 3.8) is 0 Å². The van der Waals surface area contributed by atoms with Gasteiger partial charge in [-0.2, -0.15) is 0 Å². The lowest BCUT2D eigenvalue weighted by Crippen LogP contribution is -2.41. The van der Waals surface area contributed by atoms with E-state index in [4.69, 9.17) is 25.8 Å². The lowest BCUT2D eigenvalue weighted by molar-refractivity contribution is 0.0617. The number of rotatable bonds is 4. The standard InChI is InChI=1S/C20H22ClNO4/c1-20(2)11-16(14-7-6-13(24-3)10-18(14)26-20)22-19(23)12-5-8-17(25-4)15(21)9-12/h5-10,16H,11H2,1-4H3,(H,22,23). The molecule has 1 heterocycles. The zero-order valence-corrected chi connectivity index (χ0v) is 16.0. The summed E-state index contributed by atoms with van der Waals surface area (Å²) in [5.74, 6) is 1.78. The van der Waals surface area contributed by atoms with Crippen LogP contribution in [-0.2, 0) is 0 Å². The number of fused-ring (bicyclic) bond motifs is 1. The second-order valence-electron chi connectivity index (χ2n) is 6.85. The van der Waals surface area contributed by atoms with Crippen molar-refractivity contribution in [1.29, 1.82) is 0 Å². The van der Waals surface area contributed by atoms with E-state index in [9.17, 15) is 4.79 Å². The molecule has 0 saturated carbocycles. The quantitative estimate of drug-likeness (QED) is 0.861. The SMILES string of the molecule is COc1ccc2c(c1)OC(C)(C)CC2NC(=O)c1ccc(OC)c(Cl)c1. The molecule has 1 atom stereocenters. The van der Waals surface area contributed by atoms with Gasteiger partial charge in [-0.3, -0.25) is 4.79 Å². The Morgan fingerprint density at radius 1 is 1.19 bits per heavy atom. The maximum atomic E-state index is 12.7. The number of nitrogens with one attached hydrogen (secondary N) is 1. The molecule has 0 fully saturated rings. The topological polar surface area (TPSA) is 56.8 Å². The Labute approximate surface area is 158 Å². The minimum atomic E-state index is -0.408. The van der Waals surface area contributed by atoms with Gasteiger partial charge >= 0.3 is 0 Å². The van der Waals surface area contributed by atoms with Gasteiger partial charge in [0.25, 0.3) is 5.91 Å². The number of halogens is 1. The summed E-state index contributed by atoms with van der Waals surface area (Å²) in [5, 5.41) is 3.49. The summed E-state index contributed by atoms with van der Waals surface area (Å²) in [6.07, 6.45) is 0.655. The predicted molar refractivity (Wildman–Crippen MR) is 101 cm³/mol. The van der Waals surface area contributed by atoms with Crippen LogP contribution in [0.1, 0.15) is 42.2 Å². The molecule has 0 aliphatic carbocycles. The first kappa shape index (κ1) is 18.4. The van der Waals surface area contributed by atoms with Crippen molar-refractivity contribution in [3.8, 4) is 17.2 Å². The Morgan fingerprint density at radius 2 is 1.96 bits per heavy atom. The summed E-state index contributed by atoms with van der Waals surface area (Å²) in [5.41, 5.74) is 1.00. The highest BCUT2D eigenvalue weighted by atomic mass is 35.5. The fourth-order valence-corrected chi connectivity index (χ4v) is 3.39. The maximum absolute atomic E-state index is 12.7. The zero-order valence-electron chi connectivity index (χ0n) is 15.3. The second kappa shape index (κ2) is 7.08. The molecular formula is C20H22ClNO4. The summed E-state index contributed by atoms with van der Waals surface area (Å²) >= 11 is 6.14. The summed E-state index contributed by atoms with van der Waals surface area (Å²) in [4.78, 5) is 12.7. The van der Waals surface area contributed by atoms with E-state index in [-0.39, 0.29) is 11.9 Å². The number of methoxy groups -OCH3 is 2. The van der Waals surface area contributed by atoms with Crippen LogP contribution in [0, 0.1) is 0 Å². The zero-order chi connectivity index (χ0) is 18.9. The number of hydrogen-bond acceptors (Lipinski definition) is 4. The normalized spacial score (nSPS) is 17.7. The third-order valence-corrected chi connectivity index (χ3v) is 4.69. The summed E-state index contributed by atoms with van der Waals surface area (Å²) in [6, 6.07) is 10.4. The second-order valence-corrected chi connectivity index (χ2v) is 7.25. The Balaban J connectivity index is 1.87. The van der Waals surface area contributed by atoms with Crippen LogP contribution >= 0.6 is 11.6 Å². The van der Waals surface area contributed by atoms with E-state index in [1.54, 1.807) is 25.3 Å². The van der Waals surface area contributed by atoms with Crippen LogP contribution in [0.25, 0.3) is 0 Å². The van der Waals surface area contributed by atoms with Crippen LogP contribution in [0.2, 0.25) is 5.02 Å². The average molecular weight is 376 g/mol. The summed E-state index contributed by atoms with van der Waals surface area (Å²) < 4.78 is 16.5. The molecule has 1 aliphatic heterocycles. The molecule has 1 amide bonds. The molecule has 0 aromatic heterocycles. The van der Waals surface area contributed by atoms with Gasteiger partial charge < -0.3 is 19.5 Å². The molecule has 5 nitrogen and oxygen atoms in total. The highest BCUT2D eigenvalue weighted by Gasteiger charge is 2.35. The average Bonchev–Trinajstić information content (AvgIpc) is 2.60. The summed E-state index contributed by atoms with van der Waals surface area (Å²) in [7, 11) is 3.15. The van der Waals surface area contributed by atoms with Crippen LogP contribution in [-0.4, -0.2) is 25.7 Å². The van der Waals surface area contributed by atoms with Crippen molar-refractivity contribution in [1.82, 2.24) is 5.32 Å². The number of amides is 1. The Kier molecular flexibility index (Phi) is 5.01. The van der Waals surface area contributed by atoms with E-state index in [1.807, 2.05) is 32.0 Å². The highest BCUT2D eigenvalue weighted by molar-refractivity contribution is 6.32. The lowest BCUT2D eigenvalue weighted by atomic mass is 9.89. The number of ether oxygens (including phenoxy) is 3. The van der Waals surface area contributed by atoms with Gasteiger partial charge in [0.15, 0.2) is 0 Å². The monoisotopic (exact) mass is 375 g/mol. The third-order valence-electron chi connectivity index (χ3n) is 4.40. The van der Waals surface area contributed by atoms with Crippen molar-refractivity contribution in [2.75, 3.05) is 14.2 Å². The molecule has 1 unspecified atom stereocenters. The maximum Gasteiger partial charge on any atom is 0.251 e. The van der Waals surface area contributed by atoms with Gasteiger partial charge in [0, 0.05) is 23.6 Å². The Bertz CT molecular complexity index is 835. The molecule has 6 heteroatoms. The number of carbonyl (C=O) groups is 1. The van der Waals surface area contributed by atoms with Crippen LogP contribution in [0.15, 0.2) is 36.4 Å². The van der Waals surface area contributed by atoms with E-state index >= 15 is 0 Å². The molecule has 1 aliphatic rings. The van der Waals surface area contributed by atoms with E-state index in [0.29, 0.717) is 28.5 Å². The Morgan fingerprint density at radius 3 is 2.62 bits per heavy atom. The first-order valence-corrected chi connectivity index (χ1v) is 8.72. The number of hydrogen-bond donors (Lipinski definition) is 1. The Hall–Kier alpha value is -2.40. The summed E-state index contributed by atoms with van der Waals surface area (Å²) in [6.45, 7) is 4.00. The fraction of sp³-hybridized carbons (Fsp3) is 0.350. The highest BCUT2D eigenvalue weighted by Crippen LogP contribution is 2.41. The molecule has 3 rings (SSSR count). The molecule has 0 saturated heterocycles. The third kappa shape index (κ3) is 3.73. The molecule has 26 heavy (non-hydrogen) atoms.